The first kappa shape index (κ1) is 16.6. The largest absolute Gasteiger partial charge is 0.508 e. The van der Waals surface area contributed by atoms with Crippen molar-refractivity contribution in [1.29, 1.82) is 0 Å². The minimum absolute atomic E-state index is 0.128. The van der Waals surface area contributed by atoms with Crippen molar-refractivity contribution in [2.45, 2.75) is 0 Å². The monoisotopic (exact) mass is 358 g/mol. The fraction of sp³-hybridized carbons (Fsp3) is 0. The molecule has 0 aliphatic rings. The van der Waals surface area contributed by atoms with E-state index in [0.29, 0.717) is 11.3 Å². The summed E-state index contributed by atoms with van der Waals surface area (Å²) in [5.41, 5.74) is 0.570. The van der Waals surface area contributed by atoms with Crippen molar-refractivity contribution in [2.75, 3.05) is 0 Å². The van der Waals surface area contributed by atoms with Gasteiger partial charge < -0.3 is 14.9 Å². The maximum absolute atomic E-state index is 12.5. The number of carboxylic acid groups (broad SMARTS) is 1. The lowest BCUT2D eigenvalue weighted by molar-refractivity contribution is 0.0694. The number of phenols is 1. The van der Waals surface area contributed by atoms with Crippen molar-refractivity contribution in [3.63, 3.8) is 0 Å². The van der Waals surface area contributed by atoms with Gasteiger partial charge in [-0.15, -0.1) is 0 Å². The highest BCUT2D eigenvalue weighted by Gasteiger charge is 2.11. The third-order valence-electron chi connectivity index (χ3n) is 4.33. The van der Waals surface area contributed by atoms with E-state index >= 15 is 0 Å². The van der Waals surface area contributed by atoms with E-state index in [-0.39, 0.29) is 11.3 Å². The third kappa shape index (κ3) is 3.30. The lowest BCUT2D eigenvalue weighted by Gasteiger charge is -2.07. The van der Waals surface area contributed by atoms with Crippen LogP contribution < -0.4 is 4.74 Å². The Morgan fingerprint density at radius 3 is 2.11 bits per heavy atom. The fourth-order valence-corrected chi connectivity index (χ4v) is 2.95. The Kier molecular flexibility index (Phi) is 3.97. The van der Waals surface area contributed by atoms with Crippen molar-refractivity contribution < 1.29 is 24.5 Å². The van der Waals surface area contributed by atoms with Gasteiger partial charge in [0.05, 0.1) is 11.1 Å². The molecule has 0 unspecified atom stereocenters. The highest BCUT2D eigenvalue weighted by atomic mass is 16.5. The first-order chi connectivity index (χ1) is 13.0. The van der Waals surface area contributed by atoms with Crippen LogP contribution in [-0.2, 0) is 0 Å². The molecule has 0 heterocycles. The second-order valence-corrected chi connectivity index (χ2v) is 6.16. The van der Waals surface area contributed by atoms with Gasteiger partial charge in [-0.25, -0.2) is 9.59 Å². The molecule has 0 amide bonds. The minimum atomic E-state index is -0.991. The normalized spacial score (nSPS) is 10.8. The van der Waals surface area contributed by atoms with Gasteiger partial charge in [0, 0.05) is 0 Å². The van der Waals surface area contributed by atoms with Crippen LogP contribution >= 0.6 is 0 Å². The van der Waals surface area contributed by atoms with Crippen molar-refractivity contribution in [2.24, 2.45) is 0 Å². The van der Waals surface area contributed by atoms with Gasteiger partial charge >= 0.3 is 11.9 Å². The molecule has 0 spiro atoms. The van der Waals surface area contributed by atoms with Gasteiger partial charge in [-0.05, 0) is 70.1 Å². The van der Waals surface area contributed by atoms with Crippen molar-refractivity contribution in [3.05, 3.63) is 83.9 Å². The second kappa shape index (κ2) is 6.46. The number of hydrogen-bond donors (Lipinski definition) is 2. The van der Waals surface area contributed by atoms with E-state index in [0.717, 1.165) is 21.5 Å². The number of carbonyl (C=O) groups excluding carboxylic acids is 1. The highest BCUT2D eigenvalue weighted by molar-refractivity contribution is 5.98. The van der Waals surface area contributed by atoms with Gasteiger partial charge in [-0.1, -0.05) is 24.3 Å². The summed E-state index contributed by atoms with van der Waals surface area (Å²) in [7, 11) is 0. The number of rotatable bonds is 3. The van der Waals surface area contributed by atoms with Gasteiger partial charge in [0.1, 0.15) is 11.5 Å². The number of carboxylic acids is 1. The average molecular weight is 358 g/mol. The predicted molar refractivity (Wildman–Crippen MR) is 101 cm³/mol. The van der Waals surface area contributed by atoms with Crippen LogP contribution in [0.3, 0.4) is 0 Å². The topological polar surface area (TPSA) is 83.8 Å². The van der Waals surface area contributed by atoms with E-state index in [9.17, 15) is 14.7 Å². The molecule has 0 aliphatic carbocycles. The molecule has 132 valence electrons. The van der Waals surface area contributed by atoms with Gasteiger partial charge in [0.2, 0.25) is 0 Å². The molecule has 4 aromatic rings. The van der Waals surface area contributed by atoms with Crippen LogP contribution in [0.5, 0.6) is 11.5 Å². The molecule has 4 aromatic carbocycles. The number of esters is 1. The highest BCUT2D eigenvalue weighted by Crippen LogP contribution is 2.25. The Hall–Kier alpha value is -3.86. The molecule has 5 heteroatoms. The Labute approximate surface area is 154 Å². The van der Waals surface area contributed by atoms with E-state index in [4.69, 9.17) is 9.84 Å². The number of fused-ring (bicyclic) bond motifs is 2. The zero-order valence-electron chi connectivity index (χ0n) is 14.0. The average Bonchev–Trinajstić information content (AvgIpc) is 2.66. The van der Waals surface area contributed by atoms with Crippen LogP contribution in [-0.4, -0.2) is 22.2 Å². The molecule has 0 radical (unpaired) electrons. The minimum Gasteiger partial charge on any atom is -0.508 e. The first-order valence-corrected chi connectivity index (χ1v) is 8.22. The van der Waals surface area contributed by atoms with E-state index in [1.165, 1.54) is 6.07 Å². The smallest absolute Gasteiger partial charge is 0.343 e. The number of carbonyl (C=O) groups is 2. The number of ether oxygens (including phenoxy) is 1. The molecule has 0 saturated heterocycles. The fourth-order valence-electron chi connectivity index (χ4n) is 2.95. The van der Waals surface area contributed by atoms with Crippen molar-refractivity contribution >= 4 is 33.5 Å². The zero-order chi connectivity index (χ0) is 19.0. The van der Waals surface area contributed by atoms with Crippen LogP contribution in [0.15, 0.2) is 72.8 Å². The second-order valence-electron chi connectivity index (χ2n) is 6.16. The van der Waals surface area contributed by atoms with Crippen LogP contribution in [0.25, 0.3) is 21.5 Å². The third-order valence-corrected chi connectivity index (χ3v) is 4.33. The van der Waals surface area contributed by atoms with Gasteiger partial charge in [-0.2, -0.15) is 0 Å². The Balaban J connectivity index is 1.62. The quantitative estimate of drug-likeness (QED) is 0.412. The lowest BCUT2D eigenvalue weighted by Crippen LogP contribution is -2.08. The molecule has 0 bridgehead atoms. The number of aromatic hydroxyl groups is 1. The van der Waals surface area contributed by atoms with E-state index < -0.39 is 11.9 Å². The summed E-state index contributed by atoms with van der Waals surface area (Å²) in [6.07, 6.45) is 0. The molecule has 27 heavy (non-hydrogen) atoms. The molecule has 2 N–H and O–H groups in total. The Bertz CT molecular complexity index is 1210. The predicted octanol–water partition coefficient (Wildman–Crippen LogP) is 4.62. The number of hydrogen-bond acceptors (Lipinski definition) is 4. The van der Waals surface area contributed by atoms with Crippen LogP contribution in [0.4, 0.5) is 0 Å². The molecular weight excluding hydrogens is 344 g/mol. The van der Waals surface area contributed by atoms with Crippen LogP contribution in [0.2, 0.25) is 0 Å². The molecule has 4 rings (SSSR count). The number of phenolic OH excluding ortho intramolecular Hbond substituents is 1. The van der Waals surface area contributed by atoms with E-state index in [1.807, 2.05) is 0 Å². The molecule has 0 atom stereocenters. The van der Waals surface area contributed by atoms with Crippen LogP contribution in [0, 0.1) is 0 Å². The zero-order valence-corrected chi connectivity index (χ0v) is 14.0. The summed E-state index contributed by atoms with van der Waals surface area (Å²) in [5, 5.41) is 21.8. The molecule has 0 aromatic heterocycles. The van der Waals surface area contributed by atoms with Gasteiger partial charge in [0.25, 0.3) is 0 Å². The van der Waals surface area contributed by atoms with E-state index in [2.05, 4.69) is 0 Å². The maximum Gasteiger partial charge on any atom is 0.343 e. The molecule has 5 nitrogen and oxygen atoms in total. The summed E-state index contributed by atoms with van der Waals surface area (Å²) in [4.78, 5) is 23.5. The van der Waals surface area contributed by atoms with Crippen LogP contribution in [0.1, 0.15) is 20.7 Å². The summed E-state index contributed by atoms with van der Waals surface area (Å²) >= 11 is 0. The Morgan fingerprint density at radius 2 is 1.30 bits per heavy atom. The Morgan fingerprint density at radius 1 is 0.667 bits per heavy atom. The SMILES string of the molecule is O=C(O)c1ccc2cc(OC(=O)c3ccc4ccc(O)cc4c3)ccc2c1. The van der Waals surface area contributed by atoms with Crippen molar-refractivity contribution in [1.82, 2.24) is 0 Å². The summed E-state index contributed by atoms with van der Waals surface area (Å²) in [6.45, 7) is 0. The molecule has 0 fully saturated rings. The number of benzene rings is 4. The lowest BCUT2D eigenvalue weighted by atomic mass is 10.1. The molecule has 0 saturated carbocycles. The summed E-state index contributed by atoms with van der Waals surface area (Å²) in [5.74, 6) is -1.01. The molecular formula is C22H14O5. The van der Waals surface area contributed by atoms with Gasteiger partial charge in [-0.3, -0.25) is 0 Å². The van der Waals surface area contributed by atoms with Gasteiger partial charge in [0.15, 0.2) is 0 Å². The molecule has 0 aliphatic heterocycles. The number of aromatic carboxylic acids is 1. The maximum atomic E-state index is 12.5. The van der Waals surface area contributed by atoms with Crippen molar-refractivity contribution in [3.8, 4) is 11.5 Å². The summed E-state index contributed by atoms with van der Waals surface area (Å²) in [6, 6.07) is 19.8. The standard InChI is InChI=1S/C22H14O5/c23-19-7-5-13-1-4-17(10-18(13)11-19)22(26)27-20-8-6-14-9-16(21(24)25)3-2-15(14)12-20/h1-12,23H,(H,24,25). The first-order valence-electron chi connectivity index (χ1n) is 8.22. The summed E-state index contributed by atoms with van der Waals surface area (Å²) < 4.78 is 5.45. The van der Waals surface area contributed by atoms with E-state index in [1.54, 1.807) is 66.7 Å².